The Kier molecular flexibility index (Phi) is 4.16. The minimum atomic E-state index is 0.290. The molecule has 6 heteroatoms. The molecule has 0 spiro atoms. The first-order valence-electron chi connectivity index (χ1n) is 8.83. The zero-order chi connectivity index (χ0) is 15.6. The van der Waals surface area contributed by atoms with E-state index in [2.05, 4.69) is 31.8 Å². The van der Waals surface area contributed by atoms with Crippen molar-refractivity contribution in [2.24, 2.45) is 5.92 Å². The molecule has 0 aromatic carbocycles. The molecule has 2 fully saturated rings. The smallest absolute Gasteiger partial charge is 0.165 e. The molecule has 1 atom stereocenters. The van der Waals surface area contributed by atoms with Crippen LogP contribution in [0.5, 0.6) is 0 Å². The second-order valence-corrected chi connectivity index (χ2v) is 7.03. The minimum Gasteiger partial charge on any atom is -0.376 e. The normalized spacial score (nSPS) is 28.3. The van der Waals surface area contributed by atoms with Crippen LogP contribution in [0.15, 0.2) is 12.7 Å². The zero-order valence-corrected chi connectivity index (χ0v) is 13.7. The molecule has 2 aromatic heterocycles. The van der Waals surface area contributed by atoms with Crippen LogP contribution in [-0.2, 0) is 11.3 Å². The third-order valence-electron chi connectivity index (χ3n) is 5.18. The fourth-order valence-electron chi connectivity index (χ4n) is 3.73. The summed E-state index contributed by atoms with van der Waals surface area (Å²) in [7, 11) is 0. The van der Waals surface area contributed by atoms with Crippen molar-refractivity contribution in [3.05, 3.63) is 12.7 Å². The van der Waals surface area contributed by atoms with Gasteiger partial charge in [0.15, 0.2) is 11.5 Å². The van der Waals surface area contributed by atoms with Gasteiger partial charge in [0.1, 0.15) is 11.8 Å². The lowest BCUT2D eigenvalue weighted by molar-refractivity contribution is 0.0978. The number of aromatic nitrogens is 4. The van der Waals surface area contributed by atoms with Gasteiger partial charge in [-0.3, -0.25) is 0 Å². The third kappa shape index (κ3) is 3.17. The van der Waals surface area contributed by atoms with Gasteiger partial charge in [0.25, 0.3) is 0 Å². The lowest BCUT2D eigenvalue weighted by Gasteiger charge is -2.27. The summed E-state index contributed by atoms with van der Waals surface area (Å²) in [5.74, 6) is 1.73. The van der Waals surface area contributed by atoms with Gasteiger partial charge in [0.05, 0.1) is 19.0 Å². The highest BCUT2D eigenvalue weighted by Crippen LogP contribution is 2.27. The number of fused-ring (bicyclic) bond motifs is 1. The van der Waals surface area contributed by atoms with E-state index >= 15 is 0 Å². The quantitative estimate of drug-likeness (QED) is 0.939. The molecule has 2 aliphatic rings. The summed E-state index contributed by atoms with van der Waals surface area (Å²) in [5.41, 5.74) is 1.78. The third-order valence-corrected chi connectivity index (χ3v) is 5.18. The maximum atomic E-state index is 5.73. The average molecular weight is 315 g/mol. The first-order chi connectivity index (χ1) is 11.3. The topological polar surface area (TPSA) is 64.9 Å². The molecule has 0 bridgehead atoms. The Labute approximate surface area is 136 Å². The molecule has 0 amide bonds. The second kappa shape index (κ2) is 6.43. The summed E-state index contributed by atoms with van der Waals surface area (Å²) in [5, 5.41) is 3.59. The van der Waals surface area contributed by atoms with Crippen molar-refractivity contribution in [3.8, 4) is 0 Å². The zero-order valence-electron chi connectivity index (χ0n) is 13.7. The van der Waals surface area contributed by atoms with Gasteiger partial charge >= 0.3 is 0 Å². The second-order valence-electron chi connectivity index (χ2n) is 7.03. The lowest BCUT2D eigenvalue weighted by atomic mass is 9.87. The summed E-state index contributed by atoms with van der Waals surface area (Å²) in [6.07, 6.45) is 11.1. The molecule has 0 radical (unpaired) electrons. The number of rotatable bonds is 4. The maximum absolute atomic E-state index is 5.73. The van der Waals surface area contributed by atoms with Crippen LogP contribution in [0.3, 0.4) is 0 Å². The molecule has 4 rings (SSSR count). The van der Waals surface area contributed by atoms with Gasteiger partial charge in [-0.1, -0.05) is 6.92 Å². The number of nitrogens with one attached hydrogen (secondary N) is 1. The van der Waals surface area contributed by atoms with Crippen LogP contribution in [0, 0.1) is 5.92 Å². The van der Waals surface area contributed by atoms with Gasteiger partial charge in [0.2, 0.25) is 0 Å². The number of hydrogen-bond donors (Lipinski definition) is 1. The maximum Gasteiger partial charge on any atom is 0.165 e. The molecule has 1 aliphatic heterocycles. The van der Waals surface area contributed by atoms with Gasteiger partial charge in [-0.15, -0.1) is 0 Å². The Morgan fingerprint density at radius 2 is 2.04 bits per heavy atom. The van der Waals surface area contributed by atoms with Gasteiger partial charge in [-0.2, -0.15) is 0 Å². The molecule has 1 saturated carbocycles. The van der Waals surface area contributed by atoms with Crippen LogP contribution in [0.2, 0.25) is 0 Å². The summed E-state index contributed by atoms with van der Waals surface area (Å²) >= 11 is 0. The van der Waals surface area contributed by atoms with Crippen molar-refractivity contribution in [2.45, 2.75) is 64.1 Å². The monoisotopic (exact) mass is 315 g/mol. The van der Waals surface area contributed by atoms with E-state index < -0.39 is 0 Å². The number of nitrogens with zero attached hydrogens (tertiary/aromatic N) is 4. The molecule has 3 heterocycles. The van der Waals surface area contributed by atoms with Crippen LogP contribution in [0.25, 0.3) is 11.2 Å². The Morgan fingerprint density at radius 3 is 2.83 bits per heavy atom. The molecular weight excluding hydrogens is 290 g/mol. The lowest BCUT2D eigenvalue weighted by Crippen LogP contribution is -2.25. The van der Waals surface area contributed by atoms with E-state index in [0.29, 0.717) is 12.1 Å². The Hall–Kier alpha value is -1.69. The molecule has 1 aliphatic carbocycles. The highest BCUT2D eigenvalue weighted by Gasteiger charge is 2.21. The van der Waals surface area contributed by atoms with Crippen LogP contribution < -0.4 is 5.32 Å². The molecule has 1 saturated heterocycles. The van der Waals surface area contributed by atoms with E-state index in [-0.39, 0.29) is 0 Å². The van der Waals surface area contributed by atoms with Crippen molar-refractivity contribution < 1.29 is 4.74 Å². The van der Waals surface area contributed by atoms with Crippen molar-refractivity contribution in [1.82, 2.24) is 19.5 Å². The average Bonchev–Trinajstić information content (AvgIpc) is 3.21. The van der Waals surface area contributed by atoms with E-state index in [0.717, 1.165) is 48.9 Å². The van der Waals surface area contributed by atoms with Gasteiger partial charge in [0, 0.05) is 12.6 Å². The highest BCUT2D eigenvalue weighted by molar-refractivity contribution is 5.82. The summed E-state index contributed by atoms with van der Waals surface area (Å²) < 4.78 is 7.83. The van der Waals surface area contributed by atoms with Crippen LogP contribution >= 0.6 is 0 Å². The van der Waals surface area contributed by atoms with Crippen molar-refractivity contribution in [1.29, 1.82) is 0 Å². The summed E-state index contributed by atoms with van der Waals surface area (Å²) in [6.45, 7) is 4.04. The van der Waals surface area contributed by atoms with Crippen LogP contribution in [-0.4, -0.2) is 38.3 Å². The first-order valence-corrected chi connectivity index (χ1v) is 8.83. The Bertz CT molecular complexity index is 656. The standard InChI is InChI=1S/C17H25N5O/c1-12-4-6-13(7-5-12)21-16-15-17(19-10-18-16)22(11-20-15)9-14-3-2-8-23-14/h10-14H,2-9H2,1H3,(H,18,19,21). The Balaban J connectivity index is 1.52. The van der Waals surface area contributed by atoms with Crippen molar-refractivity contribution in [2.75, 3.05) is 11.9 Å². The van der Waals surface area contributed by atoms with E-state index in [9.17, 15) is 0 Å². The molecule has 1 N–H and O–H groups in total. The molecular formula is C17H25N5O. The Morgan fingerprint density at radius 1 is 1.17 bits per heavy atom. The van der Waals surface area contributed by atoms with E-state index in [1.54, 1.807) is 6.33 Å². The predicted molar refractivity (Wildman–Crippen MR) is 89.3 cm³/mol. The molecule has 6 nitrogen and oxygen atoms in total. The number of anilines is 1. The fourth-order valence-corrected chi connectivity index (χ4v) is 3.73. The van der Waals surface area contributed by atoms with Crippen molar-refractivity contribution in [3.63, 3.8) is 0 Å². The summed E-state index contributed by atoms with van der Waals surface area (Å²) in [6, 6.07) is 0.507. The predicted octanol–water partition coefficient (Wildman–Crippen LogP) is 3.00. The highest BCUT2D eigenvalue weighted by atomic mass is 16.5. The SMILES string of the molecule is CC1CCC(Nc2ncnc3c2ncn3CC2CCCO2)CC1. The van der Waals surface area contributed by atoms with Crippen LogP contribution in [0.4, 0.5) is 5.82 Å². The van der Waals surface area contributed by atoms with Crippen LogP contribution in [0.1, 0.15) is 45.4 Å². The molecule has 2 aromatic rings. The number of hydrogen-bond acceptors (Lipinski definition) is 5. The van der Waals surface area contributed by atoms with E-state index in [1.807, 2.05) is 6.33 Å². The van der Waals surface area contributed by atoms with Gasteiger partial charge in [-0.25, -0.2) is 15.0 Å². The fraction of sp³-hybridized carbons (Fsp3) is 0.706. The minimum absolute atomic E-state index is 0.290. The largest absolute Gasteiger partial charge is 0.376 e. The molecule has 1 unspecified atom stereocenters. The molecule has 124 valence electrons. The number of imidazole rings is 1. The number of ether oxygens (including phenoxy) is 1. The van der Waals surface area contributed by atoms with Gasteiger partial charge in [-0.05, 0) is 44.4 Å². The summed E-state index contributed by atoms with van der Waals surface area (Å²) in [4.78, 5) is 13.4. The first kappa shape index (κ1) is 14.9. The van der Waals surface area contributed by atoms with Crippen molar-refractivity contribution >= 4 is 17.0 Å². The molecule has 23 heavy (non-hydrogen) atoms. The van der Waals surface area contributed by atoms with E-state index in [1.165, 1.54) is 25.7 Å². The van der Waals surface area contributed by atoms with E-state index in [4.69, 9.17) is 4.74 Å². The van der Waals surface area contributed by atoms with Gasteiger partial charge < -0.3 is 14.6 Å².